The van der Waals surface area contributed by atoms with E-state index in [4.69, 9.17) is 19.3 Å². The predicted octanol–water partition coefficient (Wildman–Crippen LogP) is 3.14. The van der Waals surface area contributed by atoms with Gasteiger partial charge in [-0.05, 0) is 31.2 Å². The first-order chi connectivity index (χ1) is 14.2. The molecule has 2 N–H and O–H groups in total. The molecule has 0 radical (unpaired) electrons. The van der Waals surface area contributed by atoms with Crippen LogP contribution < -0.4 is 14.8 Å². The summed E-state index contributed by atoms with van der Waals surface area (Å²) in [6, 6.07) is 11.4. The number of hydrogen-bond acceptors (Lipinski definition) is 7. The lowest BCUT2D eigenvalue weighted by Crippen LogP contribution is -2.08. The minimum absolute atomic E-state index is 0.1000. The molecular weight excluding hydrogens is 370 g/mol. The van der Waals surface area contributed by atoms with Crippen molar-refractivity contribution in [2.24, 2.45) is 0 Å². The maximum Gasteiger partial charge on any atom is 0.163 e. The Morgan fingerprint density at radius 1 is 1.03 bits per heavy atom. The van der Waals surface area contributed by atoms with Gasteiger partial charge in [-0.3, -0.25) is 0 Å². The van der Waals surface area contributed by atoms with Gasteiger partial charge in [0.05, 0.1) is 18.7 Å². The van der Waals surface area contributed by atoms with Gasteiger partial charge in [0.15, 0.2) is 11.5 Å². The minimum atomic E-state index is -0.1000. The molecule has 0 bridgehead atoms. The highest BCUT2D eigenvalue weighted by molar-refractivity contribution is 5.93. The fourth-order valence-electron chi connectivity index (χ4n) is 2.74. The molecule has 7 heteroatoms. The molecule has 3 aromatic rings. The molecule has 29 heavy (non-hydrogen) atoms. The summed E-state index contributed by atoms with van der Waals surface area (Å²) in [5.74, 6) is 7.61. The monoisotopic (exact) mass is 393 g/mol. The molecule has 0 aliphatic rings. The van der Waals surface area contributed by atoms with Crippen LogP contribution in [0.5, 0.6) is 11.5 Å². The molecule has 0 aliphatic carbocycles. The van der Waals surface area contributed by atoms with Crippen molar-refractivity contribution in [3.8, 4) is 23.3 Å². The third-order valence-corrected chi connectivity index (χ3v) is 3.99. The van der Waals surface area contributed by atoms with E-state index in [0.717, 1.165) is 16.6 Å². The van der Waals surface area contributed by atoms with Crippen LogP contribution in [0.2, 0.25) is 0 Å². The van der Waals surface area contributed by atoms with E-state index in [1.54, 1.807) is 20.1 Å². The van der Waals surface area contributed by atoms with Gasteiger partial charge in [-0.25, -0.2) is 9.97 Å². The lowest BCUT2D eigenvalue weighted by molar-refractivity contribution is 0.141. The summed E-state index contributed by atoms with van der Waals surface area (Å²) in [5, 5.41) is 13.2. The van der Waals surface area contributed by atoms with E-state index < -0.39 is 0 Å². The highest BCUT2D eigenvalue weighted by Gasteiger charge is 2.13. The number of aliphatic hydroxyl groups excluding tert-OH is 1. The Balaban J connectivity index is 1.97. The topological polar surface area (TPSA) is 85.7 Å². The zero-order valence-corrected chi connectivity index (χ0v) is 16.4. The van der Waals surface area contributed by atoms with Gasteiger partial charge in [0, 0.05) is 29.8 Å². The average Bonchev–Trinajstić information content (AvgIpc) is 2.73. The maximum atomic E-state index is 9.13. The van der Waals surface area contributed by atoms with Crippen LogP contribution in [-0.4, -0.2) is 48.6 Å². The van der Waals surface area contributed by atoms with Crippen LogP contribution in [0.15, 0.2) is 42.7 Å². The Kier molecular flexibility index (Phi) is 7.22. The summed E-state index contributed by atoms with van der Waals surface area (Å²) in [5.41, 5.74) is 2.48. The molecular formula is C22H23N3O4. The second-order valence-corrected chi connectivity index (χ2v) is 6.03. The van der Waals surface area contributed by atoms with Crippen LogP contribution in [0, 0.1) is 11.8 Å². The number of aliphatic hydroxyl groups is 1. The molecule has 3 rings (SSSR count). The Morgan fingerprint density at radius 2 is 1.86 bits per heavy atom. The number of aromatic nitrogens is 2. The molecule has 0 aliphatic heterocycles. The Bertz CT molecular complexity index is 1030. The standard InChI is InChI=1S/C22H23N3O4/c1-3-5-16-6-4-7-17(12-16)25-22-18-13-20(28-9-8-26)21(29-11-10-27-2)14-19(18)23-15-24-22/h4,6-7,12-15,26H,8-11H2,1-2H3,(H,23,24,25). The number of nitrogens with one attached hydrogen (secondary N) is 1. The molecule has 0 unspecified atom stereocenters. The summed E-state index contributed by atoms with van der Waals surface area (Å²) in [6.07, 6.45) is 1.49. The zero-order chi connectivity index (χ0) is 20.5. The minimum Gasteiger partial charge on any atom is -0.487 e. The highest BCUT2D eigenvalue weighted by atomic mass is 16.5. The molecule has 7 nitrogen and oxygen atoms in total. The number of benzene rings is 2. The first-order valence-corrected chi connectivity index (χ1v) is 9.19. The fraction of sp³-hybridized carbons (Fsp3) is 0.273. The van der Waals surface area contributed by atoms with Gasteiger partial charge in [0.25, 0.3) is 0 Å². The summed E-state index contributed by atoms with van der Waals surface area (Å²) >= 11 is 0. The van der Waals surface area contributed by atoms with Gasteiger partial charge in [-0.15, -0.1) is 5.92 Å². The number of methoxy groups -OCH3 is 1. The van der Waals surface area contributed by atoms with Crippen molar-refractivity contribution in [3.05, 3.63) is 48.3 Å². The molecule has 0 saturated heterocycles. The van der Waals surface area contributed by atoms with E-state index in [1.807, 2.05) is 30.3 Å². The van der Waals surface area contributed by atoms with Gasteiger partial charge in [0.2, 0.25) is 0 Å². The number of fused-ring (bicyclic) bond motifs is 1. The van der Waals surface area contributed by atoms with E-state index in [-0.39, 0.29) is 13.2 Å². The van der Waals surface area contributed by atoms with Crippen LogP contribution in [0.25, 0.3) is 10.9 Å². The SMILES string of the molecule is CC#Cc1cccc(Nc2ncnc3cc(OCCOC)c(OCCO)cc23)c1. The Labute approximate surface area is 169 Å². The van der Waals surface area contributed by atoms with Crippen molar-refractivity contribution >= 4 is 22.4 Å². The van der Waals surface area contributed by atoms with E-state index >= 15 is 0 Å². The van der Waals surface area contributed by atoms with Crippen molar-refractivity contribution in [1.29, 1.82) is 0 Å². The van der Waals surface area contributed by atoms with Crippen LogP contribution in [0.1, 0.15) is 12.5 Å². The van der Waals surface area contributed by atoms with Crippen molar-refractivity contribution in [3.63, 3.8) is 0 Å². The molecule has 0 amide bonds. The average molecular weight is 393 g/mol. The number of nitrogens with zero attached hydrogens (tertiary/aromatic N) is 2. The van der Waals surface area contributed by atoms with E-state index in [2.05, 4.69) is 27.1 Å². The van der Waals surface area contributed by atoms with Gasteiger partial charge in [-0.2, -0.15) is 0 Å². The van der Waals surface area contributed by atoms with Gasteiger partial charge < -0.3 is 24.6 Å². The van der Waals surface area contributed by atoms with Crippen LogP contribution in [0.4, 0.5) is 11.5 Å². The number of anilines is 2. The zero-order valence-electron chi connectivity index (χ0n) is 16.4. The predicted molar refractivity (Wildman–Crippen MR) is 112 cm³/mol. The molecule has 0 atom stereocenters. The van der Waals surface area contributed by atoms with E-state index in [0.29, 0.717) is 36.0 Å². The molecule has 150 valence electrons. The first kappa shape index (κ1) is 20.4. The smallest absolute Gasteiger partial charge is 0.163 e. The number of ether oxygens (including phenoxy) is 3. The van der Waals surface area contributed by atoms with Gasteiger partial charge >= 0.3 is 0 Å². The van der Waals surface area contributed by atoms with Crippen LogP contribution >= 0.6 is 0 Å². The van der Waals surface area contributed by atoms with Crippen molar-refractivity contribution in [2.75, 3.05) is 38.9 Å². The van der Waals surface area contributed by atoms with Crippen LogP contribution in [0.3, 0.4) is 0 Å². The summed E-state index contributed by atoms with van der Waals surface area (Å²) < 4.78 is 16.5. The third-order valence-electron chi connectivity index (χ3n) is 3.99. The lowest BCUT2D eigenvalue weighted by Gasteiger charge is -2.15. The first-order valence-electron chi connectivity index (χ1n) is 9.19. The summed E-state index contributed by atoms with van der Waals surface area (Å²) in [6.45, 7) is 2.68. The fourth-order valence-corrected chi connectivity index (χ4v) is 2.74. The second kappa shape index (κ2) is 10.3. The van der Waals surface area contributed by atoms with Crippen molar-refractivity contribution < 1.29 is 19.3 Å². The normalized spacial score (nSPS) is 10.3. The molecule has 0 spiro atoms. The van der Waals surface area contributed by atoms with Gasteiger partial charge in [0.1, 0.15) is 25.4 Å². The van der Waals surface area contributed by atoms with Gasteiger partial charge in [-0.1, -0.05) is 12.0 Å². The number of hydrogen-bond donors (Lipinski definition) is 2. The second-order valence-electron chi connectivity index (χ2n) is 6.03. The summed E-state index contributed by atoms with van der Waals surface area (Å²) in [4.78, 5) is 8.73. The third kappa shape index (κ3) is 5.35. The molecule has 1 heterocycles. The Morgan fingerprint density at radius 3 is 2.66 bits per heavy atom. The lowest BCUT2D eigenvalue weighted by atomic mass is 10.2. The molecule has 0 saturated carbocycles. The Hall–Kier alpha value is -3.34. The van der Waals surface area contributed by atoms with Crippen LogP contribution in [-0.2, 0) is 4.74 Å². The quantitative estimate of drug-likeness (QED) is 0.427. The van der Waals surface area contributed by atoms with Crippen molar-refractivity contribution in [1.82, 2.24) is 9.97 Å². The van der Waals surface area contributed by atoms with E-state index in [1.165, 1.54) is 6.33 Å². The highest BCUT2D eigenvalue weighted by Crippen LogP contribution is 2.35. The number of rotatable bonds is 9. The van der Waals surface area contributed by atoms with Crippen molar-refractivity contribution in [2.45, 2.75) is 6.92 Å². The molecule has 2 aromatic carbocycles. The molecule has 1 aromatic heterocycles. The summed E-state index contributed by atoms with van der Waals surface area (Å²) in [7, 11) is 1.61. The largest absolute Gasteiger partial charge is 0.487 e. The molecule has 0 fully saturated rings. The maximum absolute atomic E-state index is 9.13. The van der Waals surface area contributed by atoms with E-state index in [9.17, 15) is 0 Å².